The fourth-order valence-corrected chi connectivity index (χ4v) is 2.09. The first-order chi connectivity index (χ1) is 7.02. The summed E-state index contributed by atoms with van der Waals surface area (Å²) in [5.74, 6) is 1.96. The van der Waals surface area contributed by atoms with Crippen LogP contribution in [0.3, 0.4) is 0 Å². The predicted octanol–water partition coefficient (Wildman–Crippen LogP) is 2.91. The predicted molar refractivity (Wildman–Crippen MR) is 69.0 cm³/mol. The maximum absolute atomic E-state index is 8.84. The molecule has 88 valence electrons. The Kier molecular flexibility index (Phi) is 7.90. The summed E-state index contributed by atoms with van der Waals surface area (Å²) in [4.78, 5) is 0. The zero-order chi connectivity index (χ0) is 11.7. The van der Waals surface area contributed by atoms with Gasteiger partial charge >= 0.3 is 0 Å². The minimum Gasteiger partial charge on any atom is -0.316 e. The van der Waals surface area contributed by atoms with Gasteiger partial charge in [0.2, 0.25) is 0 Å². The molecule has 0 fully saturated rings. The van der Waals surface area contributed by atoms with Crippen molar-refractivity contribution in [1.82, 2.24) is 5.32 Å². The van der Waals surface area contributed by atoms with Crippen molar-refractivity contribution < 1.29 is 0 Å². The molecule has 0 heterocycles. The van der Waals surface area contributed by atoms with E-state index in [0.29, 0.717) is 0 Å². The molecule has 0 radical (unpaired) electrons. The lowest BCUT2D eigenvalue weighted by atomic mass is 9.90. The van der Waals surface area contributed by atoms with E-state index < -0.39 is 0 Å². The minimum atomic E-state index is -0.160. The lowest BCUT2D eigenvalue weighted by Crippen LogP contribution is -2.24. The molecular formula is C12H24N2S. The molecule has 0 aromatic heterocycles. The highest BCUT2D eigenvalue weighted by atomic mass is 32.2. The smallest absolute Gasteiger partial charge is 0.0683 e. The average Bonchev–Trinajstić information content (AvgIpc) is 2.17. The second kappa shape index (κ2) is 8.01. The van der Waals surface area contributed by atoms with Crippen molar-refractivity contribution in [3.05, 3.63) is 0 Å². The van der Waals surface area contributed by atoms with Crippen LogP contribution < -0.4 is 5.32 Å². The van der Waals surface area contributed by atoms with E-state index in [1.165, 1.54) is 5.75 Å². The van der Waals surface area contributed by atoms with Gasteiger partial charge in [0.15, 0.2) is 0 Å². The summed E-state index contributed by atoms with van der Waals surface area (Å²) in [6, 6.07) is 2.33. The largest absolute Gasteiger partial charge is 0.316 e. The maximum atomic E-state index is 8.84. The van der Waals surface area contributed by atoms with Gasteiger partial charge in [-0.3, -0.25) is 0 Å². The Balaban J connectivity index is 3.37. The molecule has 2 nitrogen and oxygen atoms in total. The van der Waals surface area contributed by atoms with Crippen molar-refractivity contribution in [3.8, 4) is 6.07 Å². The van der Waals surface area contributed by atoms with Crippen LogP contribution in [0.5, 0.6) is 0 Å². The van der Waals surface area contributed by atoms with Crippen molar-refractivity contribution in [2.75, 3.05) is 25.1 Å². The van der Waals surface area contributed by atoms with Crippen LogP contribution in [0.15, 0.2) is 0 Å². The van der Waals surface area contributed by atoms with Gasteiger partial charge in [0, 0.05) is 0 Å². The number of rotatable bonds is 8. The molecule has 15 heavy (non-hydrogen) atoms. The number of nitrogens with one attached hydrogen (secondary N) is 1. The fourth-order valence-electron chi connectivity index (χ4n) is 1.40. The molecule has 0 aromatic carbocycles. The summed E-state index contributed by atoms with van der Waals surface area (Å²) < 4.78 is 0. The van der Waals surface area contributed by atoms with E-state index >= 15 is 0 Å². The van der Waals surface area contributed by atoms with Crippen molar-refractivity contribution in [3.63, 3.8) is 0 Å². The Morgan fingerprint density at radius 2 is 2.13 bits per heavy atom. The van der Waals surface area contributed by atoms with Crippen LogP contribution in [0, 0.1) is 22.7 Å². The molecule has 0 bridgehead atoms. The molecule has 0 amide bonds. The number of nitrogens with zero attached hydrogens (tertiary/aromatic N) is 1. The SMILES string of the molecule is CSCC(C)CNCCCC(C)(C)C#N. The van der Waals surface area contributed by atoms with E-state index in [0.717, 1.165) is 31.8 Å². The zero-order valence-corrected chi connectivity index (χ0v) is 11.3. The van der Waals surface area contributed by atoms with E-state index in [4.69, 9.17) is 5.26 Å². The molecule has 0 saturated carbocycles. The van der Waals surface area contributed by atoms with Crippen LogP contribution in [-0.2, 0) is 0 Å². The fraction of sp³-hybridized carbons (Fsp3) is 0.917. The van der Waals surface area contributed by atoms with Gasteiger partial charge in [-0.05, 0) is 57.7 Å². The van der Waals surface area contributed by atoms with Crippen LogP contribution in [0.1, 0.15) is 33.6 Å². The second-order valence-corrected chi connectivity index (χ2v) is 5.77. The van der Waals surface area contributed by atoms with Crippen molar-refractivity contribution in [2.24, 2.45) is 11.3 Å². The first-order valence-corrected chi connectivity index (χ1v) is 7.02. The van der Waals surface area contributed by atoms with Crippen molar-refractivity contribution in [2.45, 2.75) is 33.6 Å². The quantitative estimate of drug-likeness (QED) is 0.649. The number of hydrogen-bond donors (Lipinski definition) is 1. The van der Waals surface area contributed by atoms with Crippen molar-refractivity contribution in [1.29, 1.82) is 5.26 Å². The standard InChI is InChI=1S/C12H24N2S/c1-11(9-15-4)8-14-7-5-6-12(2,3)10-13/h11,14H,5-9H2,1-4H3. The van der Waals surface area contributed by atoms with Crippen LogP contribution >= 0.6 is 11.8 Å². The zero-order valence-electron chi connectivity index (χ0n) is 10.5. The third kappa shape index (κ3) is 8.77. The Morgan fingerprint density at radius 3 is 2.67 bits per heavy atom. The van der Waals surface area contributed by atoms with Crippen LogP contribution in [-0.4, -0.2) is 25.1 Å². The highest BCUT2D eigenvalue weighted by Crippen LogP contribution is 2.19. The summed E-state index contributed by atoms with van der Waals surface area (Å²) in [6.45, 7) is 8.40. The monoisotopic (exact) mass is 228 g/mol. The first kappa shape index (κ1) is 14.8. The molecule has 0 spiro atoms. The van der Waals surface area contributed by atoms with E-state index in [-0.39, 0.29) is 5.41 Å². The number of nitriles is 1. The van der Waals surface area contributed by atoms with Crippen LogP contribution in [0.4, 0.5) is 0 Å². The average molecular weight is 228 g/mol. The van der Waals surface area contributed by atoms with Gasteiger partial charge in [-0.2, -0.15) is 17.0 Å². The lowest BCUT2D eigenvalue weighted by molar-refractivity contribution is 0.420. The maximum Gasteiger partial charge on any atom is 0.0683 e. The summed E-state index contributed by atoms with van der Waals surface area (Å²) in [6.07, 6.45) is 4.21. The molecule has 1 N–H and O–H groups in total. The Bertz CT molecular complexity index is 196. The molecule has 1 atom stereocenters. The van der Waals surface area contributed by atoms with Gasteiger partial charge in [0.1, 0.15) is 0 Å². The number of hydrogen-bond acceptors (Lipinski definition) is 3. The molecule has 3 heteroatoms. The highest BCUT2D eigenvalue weighted by Gasteiger charge is 2.15. The van der Waals surface area contributed by atoms with Crippen LogP contribution in [0.25, 0.3) is 0 Å². The number of thioether (sulfide) groups is 1. The molecule has 0 aliphatic carbocycles. The molecular weight excluding hydrogens is 204 g/mol. The van der Waals surface area contributed by atoms with Crippen LogP contribution in [0.2, 0.25) is 0 Å². The Hall–Kier alpha value is -0.200. The van der Waals surface area contributed by atoms with Crippen molar-refractivity contribution >= 4 is 11.8 Å². The summed E-state index contributed by atoms with van der Waals surface area (Å²) >= 11 is 1.90. The summed E-state index contributed by atoms with van der Waals surface area (Å²) in [5.41, 5.74) is -0.160. The van der Waals surface area contributed by atoms with E-state index in [1.807, 2.05) is 25.6 Å². The van der Waals surface area contributed by atoms with Gasteiger partial charge < -0.3 is 5.32 Å². The molecule has 0 aliphatic rings. The van der Waals surface area contributed by atoms with E-state index in [9.17, 15) is 0 Å². The molecule has 0 rings (SSSR count). The third-order valence-electron chi connectivity index (χ3n) is 2.40. The van der Waals surface area contributed by atoms with Gasteiger partial charge in [-0.15, -0.1) is 0 Å². The van der Waals surface area contributed by atoms with E-state index in [2.05, 4.69) is 24.6 Å². The first-order valence-electron chi connectivity index (χ1n) is 5.63. The topological polar surface area (TPSA) is 35.8 Å². The van der Waals surface area contributed by atoms with E-state index in [1.54, 1.807) is 0 Å². The Morgan fingerprint density at radius 1 is 1.47 bits per heavy atom. The molecule has 1 unspecified atom stereocenters. The molecule has 0 aromatic rings. The second-order valence-electron chi connectivity index (χ2n) is 4.86. The lowest BCUT2D eigenvalue weighted by Gasteiger charge is -2.15. The summed E-state index contributed by atoms with van der Waals surface area (Å²) in [7, 11) is 0. The van der Waals surface area contributed by atoms with Gasteiger partial charge in [0.05, 0.1) is 11.5 Å². The molecule has 0 aliphatic heterocycles. The molecule has 0 saturated heterocycles. The highest BCUT2D eigenvalue weighted by molar-refractivity contribution is 7.98. The third-order valence-corrected chi connectivity index (χ3v) is 3.30. The van der Waals surface area contributed by atoms with Gasteiger partial charge in [0.25, 0.3) is 0 Å². The van der Waals surface area contributed by atoms with Gasteiger partial charge in [-0.25, -0.2) is 0 Å². The Labute approximate surface area is 98.8 Å². The normalized spacial score (nSPS) is 13.5. The minimum absolute atomic E-state index is 0.160. The van der Waals surface area contributed by atoms with Gasteiger partial charge in [-0.1, -0.05) is 6.92 Å². The summed E-state index contributed by atoms with van der Waals surface area (Å²) in [5, 5.41) is 12.3.